The highest BCUT2D eigenvalue weighted by Crippen LogP contribution is 2.20. The molecule has 0 aliphatic rings. The first-order valence-corrected chi connectivity index (χ1v) is 4.74. The number of hydrogen-bond acceptors (Lipinski definition) is 1. The first kappa shape index (κ1) is 12.7. The van der Waals surface area contributed by atoms with Crippen molar-refractivity contribution in [3.8, 4) is 12.3 Å². The van der Waals surface area contributed by atoms with Gasteiger partial charge in [0.05, 0.1) is 6.61 Å². The molecule has 1 atom stereocenters. The van der Waals surface area contributed by atoms with E-state index >= 15 is 0 Å². The van der Waals surface area contributed by atoms with Crippen LogP contribution in [0.3, 0.4) is 0 Å². The van der Waals surface area contributed by atoms with Crippen LogP contribution in [0, 0.1) is 18.3 Å². The van der Waals surface area contributed by atoms with Gasteiger partial charge in [-0.05, 0) is 37.0 Å². The molecule has 0 aromatic carbocycles. The van der Waals surface area contributed by atoms with Crippen molar-refractivity contribution in [2.24, 2.45) is 5.92 Å². The standard InChI is InChI=1S/C13H18O/c1-5-7-11(3)13(8-6-2)12(4)9-10-14/h2,5,7-9,11,14H,10H2,1,3-4H3/b7-5+,12-9-,13-8-. The van der Waals surface area contributed by atoms with Gasteiger partial charge in [0.1, 0.15) is 0 Å². The van der Waals surface area contributed by atoms with Gasteiger partial charge in [0.15, 0.2) is 0 Å². The molecule has 14 heavy (non-hydrogen) atoms. The Balaban J connectivity index is 4.89. The zero-order chi connectivity index (χ0) is 11.0. The Morgan fingerprint density at radius 3 is 2.64 bits per heavy atom. The Labute approximate surface area is 86.8 Å². The molecule has 0 amide bonds. The van der Waals surface area contributed by atoms with Gasteiger partial charge in [-0.2, -0.15) is 0 Å². The number of hydrogen-bond donors (Lipinski definition) is 1. The molecule has 0 heterocycles. The van der Waals surface area contributed by atoms with Gasteiger partial charge in [-0.25, -0.2) is 0 Å². The lowest BCUT2D eigenvalue weighted by atomic mass is 9.93. The minimum Gasteiger partial charge on any atom is -0.392 e. The summed E-state index contributed by atoms with van der Waals surface area (Å²) >= 11 is 0. The zero-order valence-electron chi connectivity index (χ0n) is 9.12. The monoisotopic (exact) mass is 190 g/mol. The normalized spacial score (nSPS) is 15.6. The topological polar surface area (TPSA) is 20.2 Å². The molecule has 0 saturated carbocycles. The summed E-state index contributed by atoms with van der Waals surface area (Å²) in [6.07, 6.45) is 12.9. The van der Waals surface area contributed by atoms with E-state index in [1.165, 1.54) is 0 Å². The van der Waals surface area contributed by atoms with Crippen molar-refractivity contribution in [1.82, 2.24) is 0 Å². The molecule has 0 rings (SSSR count). The zero-order valence-corrected chi connectivity index (χ0v) is 9.12. The van der Waals surface area contributed by atoms with E-state index in [-0.39, 0.29) is 6.61 Å². The highest BCUT2D eigenvalue weighted by Gasteiger charge is 2.05. The van der Waals surface area contributed by atoms with E-state index in [9.17, 15) is 0 Å². The molecule has 0 aromatic rings. The van der Waals surface area contributed by atoms with Crippen LogP contribution in [-0.2, 0) is 0 Å². The third kappa shape index (κ3) is 4.11. The molecule has 0 fully saturated rings. The highest BCUT2D eigenvalue weighted by atomic mass is 16.2. The number of rotatable bonds is 4. The Bertz CT molecular complexity index is 287. The average molecular weight is 190 g/mol. The SMILES string of the molecule is C#C/C=C(\C(C)=C/CO)C(C)/C=C/C. The van der Waals surface area contributed by atoms with Crippen LogP contribution in [-0.4, -0.2) is 11.7 Å². The smallest absolute Gasteiger partial charge is 0.0618 e. The van der Waals surface area contributed by atoms with Gasteiger partial charge in [-0.1, -0.05) is 31.1 Å². The predicted octanol–water partition coefficient (Wildman–Crippen LogP) is 2.70. The quantitative estimate of drug-likeness (QED) is 0.410. The molecule has 0 aliphatic heterocycles. The summed E-state index contributed by atoms with van der Waals surface area (Å²) in [5, 5.41) is 8.79. The molecule has 1 N–H and O–H groups in total. The number of terminal acetylenes is 1. The van der Waals surface area contributed by atoms with Crippen molar-refractivity contribution >= 4 is 0 Å². The van der Waals surface area contributed by atoms with Crippen LogP contribution in [0.2, 0.25) is 0 Å². The van der Waals surface area contributed by atoms with Crippen molar-refractivity contribution in [3.05, 3.63) is 35.5 Å². The maximum absolute atomic E-state index is 8.79. The van der Waals surface area contributed by atoms with Crippen LogP contribution in [0.4, 0.5) is 0 Å². The Hall–Kier alpha value is -1.26. The lowest BCUT2D eigenvalue weighted by Crippen LogP contribution is -1.98. The molecule has 0 aromatic heterocycles. The summed E-state index contributed by atoms with van der Waals surface area (Å²) in [6, 6.07) is 0. The second-order valence-electron chi connectivity index (χ2n) is 3.15. The van der Waals surface area contributed by atoms with Gasteiger partial charge in [-0.3, -0.25) is 0 Å². The van der Waals surface area contributed by atoms with Crippen LogP contribution in [0.25, 0.3) is 0 Å². The van der Waals surface area contributed by atoms with E-state index in [1.54, 1.807) is 12.2 Å². The van der Waals surface area contributed by atoms with Gasteiger partial charge < -0.3 is 5.11 Å². The molecular weight excluding hydrogens is 172 g/mol. The molecule has 0 spiro atoms. The number of allylic oxidation sites excluding steroid dienone is 5. The van der Waals surface area contributed by atoms with Gasteiger partial charge in [-0.15, -0.1) is 6.42 Å². The second kappa shape index (κ2) is 7.17. The molecule has 0 radical (unpaired) electrons. The van der Waals surface area contributed by atoms with E-state index in [1.807, 2.05) is 19.9 Å². The van der Waals surface area contributed by atoms with Crippen molar-refractivity contribution in [2.45, 2.75) is 20.8 Å². The van der Waals surface area contributed by atoms with Gasteiger partial charge in [0.2, 0.25) is 0 Å². The van der Waals surface area contributed by atoms with Crippen LogP contribution in [0.5, 0.6) is 0 Å². The summed E-state index contributed by atoms with van der Waals surface area (Å²) in [7, 11) is 0. The maximum Gasteiger partial charge on any atom is 0.0618 e. The van der Waals surface area contributed by atoms with Crippen LogP contribution < -0.4 is 0 Å². The van der Waals surface area contributed by atoms with Crippen molar-refractivity contribution in [1.29, 1.82) is 0 Å². The summed E-state index contributed by atoms with van der Waals surface area (Å²) in [4.78, 5) is 0. The number of aliphatic hydroxyl groups excluding tert-OH is 1. The Morgan fingerprint density at radius 2 is 2.21 bits per heavy atom. The number of aliphatic hydroxyl groups is 1. The summed E-state index contributed by atoms with van der Waals surface area (Å²) in [5.41, 5.74) is 2.12. The summed E-state index contributed by atoms with van der Waals surface area (Å²) in [5.74, 6) is 2.82. The fourth-order valence-corrected chi connectivity index (χ4v) is 1.34. The van der Waals surface area contributed by atoms with Crippen molar-refractivity contribution < 1.29 is 5.11 Å². The fourth-order valence-electron chi connectivity index (χ4n) is 1.34. The first-order chi connectivity index (χ1) is 6.67. The lowest BCUT2D eigenvalue weighted by Gasteiger charge is -2.11. The van der Waals surface area contributed by atoms with Crippen LogP contribution in [0.15, 0.2) is 35.5 Å². The molecule has 1 nitrogen and oxygen atoms in total. The third-order valence-corrected chi connectivity index (χ3v) is 2.06. The van der Waals surface area contributed by atoms with E-state index in [0.717, 1.165) is 11.1 Å². The molecular formula is C13H18O. The van der Waals surface area contributed by atoms with E-state index in [0.29, 0.717) is 5.92 Å². The molecule has 1 unspecified atom stereocenters. The highest BCUT2D eigenvalue weighted by molar-refractivity contribution is 5.37. The molecule has 0 aliphatic carbocycles. The molecule has 1 heteroatoms. The lowest BCUT2D eigenvalue weighted by molar-refractivity contribution is 0.342. The van der Waals surface area contributed by atoms with E-state index in [4.69, 9.17) is 11.5 Å². The van der Waals surface area contributed by atoms with Crippen LogP contribution in [0.1, 0.15) is 20.8 Å². The Morgan fingerprint density at radius 1 is 1.57 bits per heavy atom. The molecule has 0 saturated heterocycles. The minimum atomic E-state index is 0.0519. The van der Waals surface area contributed by atoms with Crippen LogP contribution >= 0.6 is 0 Å². The fraction of sp³-hybridized carbons (Fsp3) is 0.385. The van der Waals surface area contributed by atoms with E-state index in [2.05, 4.69) is 18.9 Å². The average Bonchev–Trinajstić information content (AvgIpc) is 2.14. The Kier molecular flexibility index (Phi) is 6.53. The largest absolute Gasteiger partial charge is 0.392 e. The predicted molar refractivity (Wildman–Crippen MR) is 61.7 cm³/mol. The molecule has 76 valence electrons. The minimum absolute atomic E-state index is 0.0519. The van der Waals surface area contributed by atoms with Gasteiger partial charge in [0, 0.05) is 0 Å². The van der Waals surface area contributed by atoms with Crippen molar-refractivity contribution in [2.75, 3.05) is 6.61 Å². The first-order valence-electron chi connectivity index (χ1n) is 4.74. The summed E-state index contributed by atoms with van der Waals surface area (Å²) < 4.78 is 0. The van der Waals surface area contributed by atoms with Gasteiger partial charge >= 0.3 is 0 Å². The maximum atomic E-state index is 8.79. The van der Waals surface area contributed by atoms with Gasteiger partial charge in [0.25, 0.3) is 0 Å². The van der Waals surface area contributed by atoms with E-state index < -0.39 is 0 Å². The molecule has 0 bridgehead atoms. The van der Waals surface area contributed by atoms with Crippen molar-refractivity contribution in [3.63, 3.8) is 0 Å². The second-order valence-corrected chi connectivity index (χ2v) is 3.15. The summed E-state index contributed by atoms with van der Waals surface area (Å²) in [6.45, 7) is 6.07. The third-order valence-electron chi connectivity index (χ3n) is 2.06.